The Bertz CT molecular complexity index is 1130. The summed E-state index contributed by atoms with van der Waals surface area (Å²) in [6, 6.07) is 29.4. The highest BCUT2D eigenvalue weighted by molar-refractivity contribution is 6.80. The zero-order chi connectivity index (χ0) is 24.8. The van der Waals surface area contributed by atoms with E-state index in [4.69, 9.17) is 8.85 Å². The number of fused-ring (bicyclic) bond motifs is 1. The van der Waals surface area contributed by atoms with E-state index in [0.29, 0.717) is 0 Å². The minimum absolute atomic E-state index is 0.0555. The van der Waals surface area contributed by atoms with E-state index in [1.165, 1.54) is 11.4 Å². The number of benzene rings is 3. The van der Waals surface area contributed by atoms with Crippen LogP contribution in [-0.2, 0) is 8.85 Å². The lowest BCUT2D eigenvalue weighted by molar-refractivity contribution is 0.335. The molecule has 0 fully saturated rings. The average molecular weight is 485 g/mol. The number of hydrogen-bond donors (Lipinski definition) is 0. The number of hydrogen-bond acceptors (Lipinski definition) is 4. The molecule has 3 aromatic carbocycles. The fourth-order valence-electron chi connectivity index (χ4n) is 4.85. The van der Waals surface area contributed by atoms with Crippen LogP contribution in [0.2, 0.25) is 0 Å². The van der Waals surface area contributed by atoms with Crippen molar-refractivity contribution in [2.24, 2.45) is 10.8 Å². The van der Waals surface area contributed by atoms with Crippen molar-refractivity contribution in [1.29, 1.82) is 0 Å². The maximum absolute atomic E-state index is 7.21. The van der Waals surface area contributed by atoms with Gasteiger partial charge in [-0.1, -0.05) is 114 Å². The van der Waals surface area contributed by atoms with Crippen molar-refractivity contribution in [2.75, 3.05) is 22.2 Å². The first-order chi connectivity index (χ1) is 16.6. The molecule has 2 aliphatic rings. The van der Waals surface area contributed by atoms with E-state index in [-0.39, 0.29) is 10.8 Å². The number of nitrogens with zero attached hydrogens (tertiary/aromatic N) is 2. The van der Waals surface area contributed by atoms with Gasteiger partial charge in [0.05, 0.1) is 11.4 Å². The summed E-state index contributed by atoms with van der Waals surface area (Å²) in [5.74, 6) is 1.66. The Balaban J connectivity index is 1.71. The molecule has 0 N–H and O–H groups in total. The van der Waals surface area contributed by atoms with Gasteiger partial charge >= 0.3 is 8.88 Å². The topological polar surface area (TPSA) is 24.9 Å². The van der Waals surface area contributed by atoms with Crippen molar-refractivity contribution in [3.8, 4) is 0 Å². The molecule has 0 bridgehead atoms. The van der Waals surface area contributed by atoms with E-state index in [0.717, 1.165) is 35.7 Å². The number of anilines is 2. The van der Waals surface area contributed by atoms with Crippen molar-refractivity contribution in [3.63, 3.8) is 0 Å². The van der Waals surface area contributed by atoms with Crippen LogP contribution < -0.4 is 9.13 Å². The van der Waals surface area contributed by atoms with Crippen molar-refractivity contribution in [1.82, 2.24) is 0 Å². The standard InChI is InChI=1S/C30H36N2O2Si/c1-29(2,3)21-31-25-19-13-14-20-26(25)32(22-30(4,5)6)35(31)33-27(23-15-9-7-10-16-23)28(34-35)24-17-11-8-12-18-24/h7-20H,21-22H2,1-6H3. The van der Waals surface area contributed by atoms with Crippen LogP contribution in [0.1, 0.15) is 52.7 Å². The van der Waals surface area contributed by atoms with Gasteiger partial charge in [-0.05, 0) is 23.0 Å². The molecule has 0 aromatic heterocycles. The second-order valence-electron chi connectivity index (χ2n) is 11.9. The first kappa shape index (κ1) is 23.6. The summed E-state index contributed by atoms with van der Waals surface area (Å²) in [5, 5.41) is 0. The second-order valence-corrected chi connectivity index (χ2v) is 14.5. The van der Waals surface area contributed by atoms with Crippen molar-refractivity contribution in [3.05, 3.63) is 96.1 Å². The lowest BCUT2D eigenvalue weighted by Crippen LogP contribution is -2.67. The van der Waals surface area contributed by atoms with E-state index in [9.17, 15) is 0 Å². The third-order valence-electron chi connectivity index (χ3n) is 6.16. The van der Waals surface area contributed by atoms with Gasteiger partial charge in [0.1, 0.15) is 0 Å². The molecule has 0 saturated heterocycles. The molecule has 2 aliphatic heterocycles. The van der Waals surface area contributed by atoms with E-state index in [2.05, 4.69) is 123 Å². The lowest BCUT2D eigenvalue weighted by atomic mass is 9.96. The molecule has 0 aliphatic carbocycles. The molecule has 5 rings (SSSR count). The van der Waals surface area contributed by atoms with Crippen LogP contribution in [0.4, 0.5) is 11.4 Å². The van der Waals surface area contributed by atoms with Crippen molar-refractivity contribution in [2.45, 2.75) is 41.5 Å². The Morgan fingerprint density at radius 2 is 0.886 bits per heavy atom. The minimum atomic E-state index is -3.15. The summed E-state index contributed by atoms with van der Waals surface area (Å²) in [6.07, 6.45) is 0. The van der Waals surface area contributed by atoms with E-state index < -0.39 is 8.88 Å². The van der Waals surface area contributed by atoms with Gasteiger partial charge in [-0.15, -0.1) is 0 Å². The predicted octanol–water partition coefficient (Wildman–Crippen LogP) is 7.41. The van der Waals surface area contributed by atoms with E-state index >= 15 is 0 Å². The molecule has 1 spiro atoms. The normalized spacial score (nSPS) is 17.0. The van der Waals surface area contributed by atoms with Gasteiger partial charge < -0.3 is 18.0 Å². The van der Waals surface area contributed by atoms with E-state index in [1.807, 2.05) is 12.1 Å². The van der Waals surface area contributed by atoms with Gasteiger partial charge in [0, 0.05) is 24.2 Å². The Morgan fingerprint density at radius 1 is 0.543 bits per heavy atom. The Hall–Kier alpha value is -3.18. The van der Waals surface area contributed by atoms with Crippen molar-refractivity contribution >= 4 is 31.8 Å². The molecule has 0 amide bonds. The summed E-state index contributed by atoms with van der Waals surface area (Å²) in [5.41, 5.74) is 4.58. The molecule has 0 atom stereocenters. The highest BCUT2D eigenvalue weighted by Gasteiger charge is 2.68. The molecular formula is C30H36N2O2Si. The monoisotopic (exact) mass is 484 g/mol. The second kappa shape index (κ2) is 8.49. The molecule has 2 heterocycles. The summed E-state index contributed by atoms with van der Waals surface area (Å²) in [7, 11) is -3.15. The molecule has 4 nitrogen and oxygen atoms in total. The smallest absolute Gasteiger partial charge is 0.477 e. The van der Waals surface area contributed by atoms with Crippen molar-refractivity contribution < 1.29 is 8.85 Å². The highest BCUT2D eigenvalue weighted by atomic mass is 28.4. The Labute approximate surface area is 211 Å². The predicted molar refractivity (Wildman–Crippen MR) is 148 cm³/mol. The molecule has 3 aromatic rings. The number of rotatable bonds is 4. The lowest BCUT2D eigenvalue weighted by Gasteiger charge is -2.40. The first-order valence-electron chi connectivity index (χ1n) is 12.4. The molecule has 0 saturated carbocycles. The van der Waals surface area contributed by atoms with E-state index in [1.54, 1.807) is 0 Å². The van der Waals surface area contributed by atoms with Gasteiger partial charge in [0.25, 0.3) is 0 Å². The third kappa shape index (κ3) is 4.45. The maximum Gasteiger partial charge on any atom is 0.724 e. The SMILES string of the molecule is CC(C)(C)CN1c2ccccc2N(CC(C)(C)C)[Si]12OC(c1ccccc1)=C(c1ccccc1)O2. The highest BCUT2D eigenvalue weighted by Crippen LogP contribution is 2.52. The minimum Gasteiger partial charge on any atom is -0.477 e. The molecule has 5 heteroatoms. The van der Waals surface area contributed by atoms with Gasteiger partial charge in [0.2, 0.25) is 0 Å². The van der Waals surface area contributed by atoms with Gasteiger partial charge in [-0.25, -0.2) is 0 Å². The van der Waals surface area contributed by atoms with Crippen LogP contribution >= 0.6 is 0 Å². The fourth-order valence-corrected chi connectivity index (χ4v) is 8.91. The quantitative estimate of drug-likeness (QED) is 0.360. The summed E-state index contributed by atoms with van der Waals surface area (Å²) in [4.78, 5) is 0. The third-order valence-corrected chi connectivity index (χ3v) is 9.26. The van der Waals surface area contributed by atoms with Crippen LogP contribution in [0.25, 0.3) is 11.5 Å². The largest absolute Gasteiger partial charge is 0.724 e. The molecule has 0 radical (unpaired) electrons. The van der Waals surface area contributed by atoms with Crippen LogP contribution in [0.15, 0.2) is 84.9 Å². The summed E-state index contributed by atoms with van der Waals surface area (Å²) < 4.78 is 19.3. The molecule has 35 heavy (non-hydrogen) atoms. The Kier molecular flexibility index (Phi) is 5.71. The van der Waals surface area contributed by atoms with Crippen LogP contribution in [-0.4, -0.2) is 22.0 Å². The Morgan fingerprint density at radius 3 is 1.23 bits per heavy atom. The average Bonchev–Trinajstić information content (AvgIpc) is 3.32. The van der Waals surface area contributed by atoms with Gasteiger partial charge in [-0.2, -0.15) is 0 Å². The summed E-state index contributed by atoms with van der Waals surface area (Å²) in [6.45, 7) is 15.4. The first-order valence-corrected chi connectivity index (χ1v) is 14.2. The zero-order valence-corrected chi connectivity index (χ0v) is 22.7. The zero-order valence-electron chi connectivity index (χ0n) is 21.7. The summed E-state index contributed by atoms with van der Waals surface area (Å²) >= 11 is 0. The van der Waals surface area contributed by atoms with Gasteiger partial charge in [0.15, 0.2) is 11.5 Å². The molecular weight excluding hydrogens is 448 g/mol. The van der Waals surface area contributed by atoms with Crippen LogP contribution in [0, 0.1) is 10.8 Å². The van der Waals surface area contributed by atoms with Gasteiger partial charge in [-0.3, -0.25) is 0 Å². The molecule has 182 valence electrons. The van der Waals surface area contributed by atoms with Crippen LogP contribution in [0.3, 0.4) is 0 Å². The maximum atomic E-state index is 7.21. The number of para-hydroxylation sites is 2. The molecule has 0 unspecified atom stereocenters. The van der Waals surface area contributed by atoms with Crippen LogP contribution in [0.5, 0.6) is 0 Å². The fraction of sp³-hybridized carbons (Fsp3) is 0.333.